The fraction of sp³-hybridized carbons (Fsp3) is 0.636. The Hall–Kier alpha value is -1.57. The average Bonchev–Trinajstić information content (AvgIpc) is 2.28. The second kappa shape index (κ2) is 7.13. The van der Waals surface area contributed by atoms with Gasteiger partial charge in [0.1, 0.15) is 12.4 Å². The van der Waals surface area contributed by atoms with Crippen LogP contribution in [0, 0.1) is 0 Å². The molecule has 0 atom stereocenters. The van der Waals surface area contributed by atoms with Crippen molar-refractivity contribution < 1.29 is 22.6 Å². The monoisotopic (exact) mass is 279 g/mol. The van der Waals surface area contributed by atoms with E-state index in [0.717, 1.165) is 0 Å². The molecule has 1 aromatic heterocycles. The molecule has 1 aromatic rings. The summed E-state index contributed by atoms with van der Waals surface area (Å²) in [6.45, 7) is 2.20. The molecule has 1 heterocycles. The van der Waals surface area contributed by atoms with Crippen LogP contribution in [0.4, 0.5) is 19.0 Å². The summed E-state index contributed by atoms with van der Waals surface area (Å²) in [5.74, 6) is 0.941. The Balaban J connectivity index is 2.69. The van der Waals surface area contributed by atoms with Crippen LogP contribution < -0.4 is 10.1 Å². The van der Waals surface area contributed by atoms with Gasteiger partial charge < -0.3 is 14.8 Å². The minimum absolute atomic E-state index is 0.0993. The highest BCUT2D eigenvalue weighted by atomic mass is 19.4. The second-order valence-corrected chi connectivity index (χ2v) is 3.68. The number of alkyl halides is 3. The fourth-order valence-electron chi connectivity index (χ4n) is 1.28. The Labute approximate surface area is 109 Å². The Morgan fingerprint density at radius 2 is 2.05 bits per heavy atom. The molecular formula is C11H16F3N3O2. The first-order chi connectivity index (χ1) is 8.94. The molecule has 0 bridgehead atoms. The first kappa shape index (κ1) is 15.5. The summed E-state index contributed by atoms with van der Waals surface area (Å²) in [6.07, 6.45) is -5.26. The van der Waals surface area contributed by atoms with Gasteiger partial charge in [-0.25, -0.2) is 4.98 Å². The number of hydrogen-bond donors (Lipinski definition) is 1. The van der Waals surface area contributed by atoms with Gasteiger partial charge in [0, 0.05) is 19.7 Å². The molecule has 0 unspecified atom stereocenters. The highest BCUT2D eigenvalue weighted by Gasteiger charge is 2.27. The third-order valence-corrected chi connectivity index (χ3v) is 2.02. The first-order valence-electron chi connectivity index (χ1n) is 5.75. The Morgan fingerprint density at radius 1 is 1.32 bits per heavy atom. The Morgan fingerprint density at radius 3 is 2.63 bits per heavy atom. The lowest BCUT2D eigenvalue weighted by atomic mass is 10.4. The highest BCUT2D eigenvalue weighted by molar-refractivity contribution is 5.38. The van der Waals surface area contributed by atoms with Gasteiger partial charge in [0.2, 0.25) is 5.88 Å². The van der Waals surface area contributed by atoms with Crippen molar-refractivity contribution in [2.75, 3.05) is 25.6 Å². The zero-order chi connectivity index (χ0) is 14.3. The number of aromatic nitrogens is 2. The highest BCUT2D eigenvalue weighted by Crippen LogP contribution is 2.20. The van der Waals surface area contributed by atoms with Gasteiger partial charge >= 0.3 is 6.18 Å². The van der Waals surface area contributed by atoms with Crippen molar-refractivity contribution in [1.82, 2.24) is 9.97 Å². The number of methoxy groups -OCH3 is 1. The minimum atomic E-state index is -4.24. The molecule has 0 aromatic carbocycles. The number of halogens is 3. The first-order valence-corrected chi connectivity index (χ1v) is 5.75. The molecule has 108 valence electrons. The van der Waals surface area contributed by atoms with E-state index in [9.17, 15) is 13.2 Å². The van der Waals surface area contributed by atoms with Crippen LogP contribution in [0.15, 0.2) is 6.07 Å². The van der Waals surface area contributed by atoms with Crippen molar-refractivity contribution in [1.29, 1.82) is 0 Å². The molecule has 5 nitrogen and oxygen atoms in total. The van der Waals surface area contributed by atoms with Crippen molar-refractivity contribution in [3.05, 3.63) is 11.9 Å². The van der Waals surface area contributed by atoms with Crippen LogP contribution in [-0.2, 0) is 11.3 Å². The standard InChI is InChI=1S/C11H16F3N3O2/c1-3-15-8-6-10(17-9(16-8)7-18-2)19-5-4-11(12,13)14/h6H,3-5,7H2,1-2H3,(H,15,16,17). The molecule has 1 rings (SSSR count). The maximum Gasteiger partial charge on any atom is 0.392 e. The molecule has 0 amide bonds. The third-order valence-electron chi connectivity index (χ3n) is 2.02. The molecule has 19 heavy (non-hydrogen) atoms. The maximum absolute atomic E-state index is 12.0. The lowest BCUT2D eigenvalue weighted by Crippen LogP contribution is -2.14. The summed E-state index contributed by atoms with van der Waals surface area (Å²) in [7, 11) is 1.48. The molecule has 1 N–H and O–H groups in total. The summed E-state index contributed by atoms with van der Waals surface area (Å²) < 4.78 is 45.9. The van der Waals surface area contributed by atoms with Gasteiger partial charge in [-0.2, -0.15) is 18.2 Å². The normalized spacial score (nSPS) is 11.4. The van der Waals surface area contributed by atoms with Crippen molar-refractivity contribution in [2.45, 2.75) is 26.1 Å². The van der Waals surface area contributed by atoms with Crippen LogP contribution in [0.3, 0.4) is 0 Å². The van der Waals surface area contributed by atoms with Crippen LogP contribution in [0.2, 0.25) is 0 Å². The number of anilines is 1. The van der Waals surface area contributed by atoms with E-state index in [1.165, 1.54) is 13.2 Å². The predicted molar refractivity (Wildman–Crippen MR) is 63.1 cm³/mol. The topological polar surface area (TPSA) is 56.3 Å². The number of hydrogen-bond acceptors (Lipinski definition) is 5. The van der Waals surface area contributed by atoms with Gasteiger partial charge in [0.25, 0.3) is 0 Å². The van der Waals surface area contributed by atoms with Crippen molar-refractivity contribution in [2.24, 2.45) is 0 Å². The maximum atomic E-state index is 12.0. The molecule has 0 fully saturated rings. The van der Waals surface area contributed by atoms with E-state index in [-0.39, 0.29) is 12.5 Å². The van der Waals surface area contributed by atoms with Gasteiger partial charge in [-0.3, -0.25) is 0 Å². The van der Waals surface area contributed by atoms with Gasteiger partial charge in [-0.1, -0.05) is 0 Å². The zero-order valence-corrected chi connectivity index (χ0v) is 10.8. The molecule has 0 saturated carbocycles. The van der Waals surface area contributed by atoms with Gasteiger partial charge in [-0.05, 0) is 6.92 Å². The molecule has 0 saturated heterocycles. The molecule has 8 heteroatoms. The summed E-state index contributed by atoms with van der Waals surface area (Å²) >= 11 is 0. The van der Waals surface area contributed by atoms with Crippen molar-refractivity contribution >= 4 is 5.82 Å². The fourth-order valence-corrected chi connectivity index (χ4v) is 1.28. The Kier molecular flexibility index (Phi) is 5.81. The largest absolute Gasteiger partial charge is 0.477 e. The number of rotatable bonds is 7. The van der Waals surface area contributed by atoms with Gasteiger partial charge in [0.15, 0.2) is 5.82 Å². The van der Waals surface area contributed by atoms with Crippen LogP contribution in [0.5, 0.6) is 5.88 Å². The molecule has 0 aliphatic carbocycles. The molecule has 0 aliphatic heterocycles. The van der Waals surface area contributed by atoms with Crippen LogP contribution in [0.25, 0.3) is 0 Å². The molecule has 0 aliphatic rings. The van der Waals surface area contributed by atoms with E-state index in [0.29, 0.717) is 18.2 Å². The number of nitrogens with zero attached hydrogens (tertiary/aromatic N) is 2. The summed E-state index contributed by atoms with van der Waals surface area (Å²) in [5, 5.41) is 2.94. The van der Waals surface area contributed by atoms with E-state index in [4.69, 9.17) is 9.47 Å². The molecule has 0 spiro atoms. The van der Waals surface area contributed by atoms with E-state index < -0.39 is 19.2 Å². The summed E-state index contributed by atoms with van der Waals surface area (Å²) in [6, 6.07) is 1.46. The van der Waals surface area contributed by atoms with Gasteiger partial charge in [0.05, 0.1) is 13.0 Å². The minimum Gasteiger partial charge on any atom is -0.477 e. The van der Waals surface area contributed by atoms with Gasteiger partial charge in [-0.15, -0.1) is 0 Å². The summed E-state index contributed by atoms with van der Waals surface area (Å²) in [4.78, 5) is 8.08. The van der Waals surface area contributed by atoms with Crippen LogP contribution in [-0.4, -0.2) is 36.4 Å². The van der Waals surface area contributed by atoms with Crippen molar-refractivity contribution in [3.8, 4) is 5.88 Å². The van der Waals surface area contributed by atoms with Crippen LogP contribution >= 0.6 is 0 Å². The Bertz CT molecular complexity index is 375. The van der Waals surface area contributed by atoms with E-state index in [2.05, 4.69) is 15.3 Å². The second-order valence-electron chi connectivity index (χ2n) is 3.68. The molecular weight excluding hydrogens is 263 g/mol. The zero-order valence-electron chi connectivity index (χ0n) is 10.8. The molecule has 0 radical (unpaired) electrons. The smallest absolute Gasteiger partial charge is 0.392 e. The number of nitrogens with one attached hydrogen (secondary N) is 1. The summed E-state index contributed by atoms with van der Waals surface area (Å²) in [5.41, 5.74) is 0. The van der Waals surface area contributed by atoms with Crippen LogP contribution in [0.1, 0.15) is 19.2 Å². The SMILES string of the molecule is CCNc1cc(OCCC(F)(F)F)nc(COC)n1. The van der Waals surface area contributed by atoms with E-state index >= 15 is 0 Å². The van der Waals surface area contributed by atoms with Crippen molar-refractivity contribution in [3.63, 3.8) is 0 Å². The quantitative estimate of drug-likeness (QED) is 0.830. The average molecular weight is 279 g/mol. The lowest BCUT2D eigenvalue weighted by molar-refractivity contribution is -0.139. The third kappa shape index (κ3) is 6.23. The van der Waals surface area contributed by atoms with E-state index in [1.807, 2.05) is 6.92 Å². The predicted octanol–water partition coefficient (Wildman–Crippen LogP) is 2.39. The van der Waals surface area contributed by atoms with E-state index in [1.54, 1.807) is 0 Å². The lowest BCUT2D eigenvalue weighted by Gasteiger charge is -2.10. The number of ether oxygens (including phenoxy) is 2.